The fraction of sp³-hybridized carbons (Fsp3) is 0.333. The summed E-state index contributed by atoms with van der Waals surface area (Å²) in [6.07, 6.45) is 2.65. The minimum absolute atomic E-state index is 0. The van der Waals surface area contributed by atoms with Gasteiger partial charge >= 0.3 is 0 Å². The highest BCUT2D eigenvalue weighted by Crippen LogP contribution is 2.03. The van der Waals surface area contributed by atoms with Crippen molar-refractivity contribution >= 4 is 35.8 Å². The van der Waals surface area contributed by atoms with Gasteiger partial charge < -0.3 is 20.4 Å². The summed E-state index contributed by atoms with van der Waals surface area (Å²) < 4.78 is 18.1. The van der Waals surface area contributed by atoms with Crippen LogP contribution in [0.15, 0.2) is 52.1 Å². The first kappa shape index (κ1) is 21.9. The van der Waals surface area contributed by atoms with E-state index in [1.807, 2.05) is 12.1 Å². The van der Waals surface area contributed by atoms with Crippen LogP contribution in [0.4, 0.5) is 4.39 Å². The molecule has 0 bridgehead atoms. The molecule has 8 heteroatoms. The maximum absolute atomic E-state index is 12.8. The fourth-order valence-electron chi connectivity index (χ4n) is 2.21. The predicted octanol–water partition coefficient (Wildman–Crippen LogP) is 2.10. The van der Waals surface area contributed by atoms with E-state index in [2.05, 4.69) is 20.9 Å². The summed E-state index contributed by atoms with van der Waals surface area (Å²) in [5, 5.41) is 9.10. The summed E-state index contributed by atoms with van der Waals surface area (Å²) in [6.45, 7) is 1.72. The molecule has 0 radical (unpaired) electrons. The molecule has 0 fully saturated rings. The molecule has 6 nitrogen and oxygen atoms in total. The first-order valence-corrected chi connectivity index (χ1v) is 8.15. The van der Waals surface area contributed by atoms with Crippen molar-refractivity contribution in [1.29, 1.82) is 0 Å². The third kappa shape index (κ3) is 8.32. The van der Waals surface area contributed by atoms with Gasteiger partial charge in [-0.15, -0.1) is 24.0 Å². The van der Waals surface area contributed by atoms with Gasteiger partial charge in [0.1, 0.15) is 11.6 Å². The summed E-state index contributed by atoms with van der Waals surface area (Å²) in [5.74, 6) is 1.17. The van der Waals surface area contributed by atoms with Gasteiger partial charge in [-0.1, -0.05) is 12.1 Å². The lowest BCUT2D eigenvalue weighted by atomic mass is 10.1. The number of guanidine groups is 1. The number of furan rings is 1. The smallest absolute Gasteiger partial charge is 0.224 e. The molecule has 0 saturated carbocycles. The van der Waals surface area contributed by atoms with Gasteiger partial charge in [0, 0.05) is 33.1 Å². The average Bonchev–Trinajstić information content (AvgIpc) is 3.12. The van der Waals surface area contributed by atoms with Gasteiger partial charge in [0.2, 0.25) is 5.91 Å². The number of aliphatic imine (C=N–C) groups is 1. The van der Waals surface area contributed by atoms with Crippen LogP contribution in [0.25, 0.3) is 0 Å². The van der Waals surface area contributed by atoms with Gasteiger partial charge in [0.05, 0.1) is 12.7 Å². The maximum atomic E-state index is 12.8. The van der Waals surface area contributed by atoms with Crippen LogP contribution in [0.3, 0.4) is 0 Å². The summed E-state index contributed by atoms with van der Waals surface area (Å²) >= 11 is 0. The van der Waals surface area contributed by atoms with E-state index >= 15 is 0 Å². The number of rotatable bonds is 8. The molecule has 2 rings (SSSR count). The Morgan fingerprint density at radius 1 is 1.08 bits per heavy atom. The highest BCUT2D eigenvalue weighted by molar-refractivity contribution is 14.0. The van der Waals surface area contributed by atoms with E-state index in [9.17, 15) is 9.18 Å². The zero-order valence-electron chi connectivity index (χ0n) is 14.6. The monoisotopic (exact) mass is 474 g/mol. The summed E-state index contributed by atoms with van der Waals surface area (Å²) in [6, 6.07) is 9.70. The van der Waals surface area contributed by atoms with Crippen LogP contribution in [-0.4, -0.2) is 38.5 Å². The SMILES string of the molecule is CN=C(NCCNC(=O)Cc1ccc(F)cc1)NCCc1ccco1.I. The van der Waals surface area contributed by atoms with Crippen molar-refractivity contribution in [2.24, 2.45) is 4.99 Å². The van der Waals surface area contributed by atoms with Crippen molar-refractivity contribution in [3.63, 3.8) is 0 Å². The first-order chi connectivity index (χ1) is 12.2. The molecule has 0 saturated heterocycles. The second-order valence-corrected chi connectivity index (χ2v) is 5.41. The van der Waals surface area contributed by atoms with Gasteiger partial charge in [0.25, 0.3) is 0 Å². The van der Waals surface area contributed by atoms with Crippen molar-refractivity contribution in [3.05, 3.63) is 59.8 Å². The molecule has 0 unspecified atom stereocenters. The fourth-order valence-corrected chi connectivity index (χ4v) is 2.21. The van der Waals surface area contributed by atoms with Gasteiger partial charge in [-0.3, -0.25) is 9.79 Å². The van der Waals surface area contributed by atoms with Crippen molar-refractivity contribution in [1.82, 2.24) is 16.0 Å². The summed E-state index contributed by atoms with van der Waals surface area (Å²) in [4.78, 5) is 15.9. The maximum Gasteiger partial charge on any atom is 0.224 e. The predicted molar refractivity (Wildman–Crippen MR) is 110 cm³/mol. The molecule has 0 aliphatic heterocycles. The average molecular weight is 474 g/mol. The van der Waals surface area contributed by atoms with E-state index in [1.165, 1.54) is 12.1 Å². The van der Waals surface area contributed by atoms with E-state index in [4.69, 9.17) is 4.42 Å². The Morgan fingerprint density at radius 3 is 2.42 bits per heavy atom. The van der Waals surface area contributed by atoms with E-state index < -0.39 is 0 Å². The number of nitrogens with zero attached hydrogens (tertiary/aromatic N) is 1. The standard InChI is InChI=1S/C18H23FN4O2.HI/c1-20-18(22-9-8-16-3-2-12-25-16)23-11-10-21-17(24)13-14-4-6-15(19)7-5-14;/h2-7,12H,8-11,13H2,1H3,(H,21,24)(H2,20,22,23);1H. The molecule has 0 spiro atoms. The number of carbonyl (C=O) groups excluding carboxylic acids is 1. The van der Waals surface area contributed by atoms with Gasteiger partial charge in [-0.25, -0.2) is 4.39 Å². The largest absolute Gasteiger partial charge is 0.469 e. The number of carbonyl (C=O) groups is 1. The van der Waals surface area contributed by atoms with Crippen molar-refractivity contribution in [2.45, 2.75) is 12.8 Å². The molecule has 1 aromatic heterocycles. The minimum Gasteiger partial charge on any atom is -0.469 e. The Kier molecular flexibility index (Phi) is 10.4. The number of benzene rings is 1. The van der Waals surface area contributed by atoms with Crippen LogP contribution < -0.4 is 16.0 Å². The van der Waals surface area contributed by atoms with E-state index in [0.29, 0.717) is 25.6 Å². The van der Waals surface area contributed by atoms with Crippen LogP contribution >= 0.6 is 24.0 Å². The molecule has 26 heavy (non-hydrogen) atoms. The third-order valence-electron chi connectivity index (χ3n) is 3.49. The van der Waals surface area contributed by atoms with Crippen LogP contribution in [-0.2, 0) is 17.6 Å². The lowest BCUT2D eigenvalue weighted by Gasteiger charge is -2.12. The molecule has 0 aliphatic rings. The van der Waals surface area contributed by atoms with E-state index in [-0.39, 0.29) is 42.1 Å². The highest BCUT2D eigenvalue weighted by Gasteiger charge is 2.04. The number of amides is 1. The molecule has 142 valence electrons. The Hall–Kier alpha value is -2.10. The normalized spacial score (nSPS) is 10.8. The Labute approximate surface area is 169 Å². The number of nitrogens with one attached hydrogen (secondary N) is 3. The highest BCUT2D eigenvalue weighted by atomic mass is 127. The second kappa shape index (κ2) is 12.3. The molecule has 1 heterocycles. The molecular formula is C18H24FIN4O2. The zero-order chi connectivity index (χ0) is 17.9. The molecule has 1 amide bonds. The molecule has 1 aromatic carbocycles. The van der Waals surface area contributed by atoms with Crippen LogP contribution in [0.2, 0.25) is 0 Å². The van der Waals surface area contributed by atoms with Crippen molar-refractivity contribution < 1.29 is 13.6 Å². The lowest BCUT2D eigenvalue weighted by molar-refractivity contribution is -0.120. The molecule has 3 N–H and O–H groups in total. The zero-order valence-corrected chi connectivity index (χ0v) is 17.0. The quantitative estimate of drug-likeness (QED) is 0.237. The lowest BCUT2D eigenvalue weighted by Crippen LogP contribution is -2.42. The van der Waals surface area contributed by atoms with E-state index in [0.717, 1.165) is 17.7 Å². The Morgan fingerprint density at radius 2 is 1.77 bits per heavy atom. The molecular weight excluding hydrogens is 450 g/mol. The van der Waals surface area contributed by atoms with Gasteiger partial charge in [0.15, 0.2) is 5.96 Å². The van der Waals surface area contributed by atoms with Gasteiger partial charge in [-0.05, 0) is 29.8 Å². The molecule has 0 aliphatic carbocycles. The molecule has 2 aromatic rings. The first-order valence-electron chi connectivity index (χ1n) is 8.15. The van der Waals surface area contributed by atoms with Gasteiger partial charge in [-0.2, -0.15) is 0 Å². The van der Waals surface area contributed by atoms with Crippen molar-refractivity contribution in [2.75, 3.05) is 26.7 Å². The van der Waals surface area contributed by atoms with Crippen LogP contribution in [0, 0.1) is 5.82 Å². The second-order valence-electron chi connectivity index (χ2n) is 5.41. The van der Waals surface area contributed by atoms with Crippen molar-refractivity contribution in [3.8, 4) is 0 Å². The Balaban J connectivity index is 0.00000338. The van der Waals surface area contributed by atoms with E-state index in [1.54, 1.807) is 25.4 Å². The molecule has 0 atom stereocenters. The number of halogens is 2. The third-order valence-corrected chi connectivity index (χ3v) is 3.49. The van der Waals surface area contributed by atoms with Crippen LogP contribution in [0.1, 0.15) is 11.3 Å². The Bertz CT molecular complexity index is 675. The minimum atomic E-state index is -0.306. The van der Waals surface area contributed by atoms with Crippen LogP contribution in [0.5, 0.6) is 0 Å². The number of hydrogen-bond donors (Lipinski definition) is 3. The summed E-state index contributed by atoms with van der Waals surface area (Å²) in [7, 11) is 1.69. The summed E-state index contributed by atoms with van der Waals surface area (Å²) in [5.41, 5.74) is 0.780. The number of hydrogen-bond acceptors (Lipinski definition) is 3. The topological polar surface area (TPSA) is 78.7 Å².